The number of carbonyl (C=O) groups excluding carboxylic acids is 1. The molecule has 0 aliphatic carbocycles. The van der Waals surface area contributed by atoms with Gasteiger partial charge in [-0.15, -0.1) is 0 Å². The Bertz CT molecular complexity index is 1100. The molecule has 0 unspecified atom stereocenters. The minimum atomic E-state index is -4.40. The molecule has 0 aliphatic heterocycles. The van der Waals surface area contributed by atoms with E-state index in [1.165, 1.54) is 19.2 Å². The first-order valence-electron chi connectivity index (χ1n) is 8.94. The van der Waals surface area contributed by atoms with Crippen molar-refractivity contribution in [1.82, 2.24) is 4.98 Å². The number of methoxy groups -OCH3 is 1. The number of hydrogen-bond acceptors (Lipinski definition) is 5. The zero-order valence-corrected chi connectivity index (χ0v) is 16.7. The molecule has 0 amide bonds. The third kappa shape index (κ3) is 5.10. The van der Waals surface area contributed by atoms with Gasteiger partial charge in [-0.2, -0.15) is 13.2 Å². The van der Waals surface area contributed by atoms with Gasteiger partial charge in [0.2, 0.25) is 5.88 Å². The van der Waals surface area contributed by atoms with Crippen molar-refractivity contribution in [2.45, 2.75) is 25.4 Å². The number of alkyl halides is 3. The molecule has 0 aliphatic rings. The Hall–Kier alpha value is -3.07. The number of aryl methyl sites for hydroxylation is 1. The second-order valence-electron chi connectivity index (χ2n) is 6.62. The minimum absolute atomic E-state index is 0.0912. The molecule has 2 aromatic carbocycles. The molecular weight excluding hydrogens is 419 g/mol. The molecule has 0 saturated heterocycles. The Morgan fingerprint density at radius 1 is 1.13 bits per heavy atom. The first kappa shape index (κ1) is 21.6. The van der Waals surface area contributed by atoms with Crippen LogP contribution in [0.3, 0.4) is 0 Å². The van der Waals surface area contributed by atoms with Gasteiger partial charge in [0.05, 0.1) is 23.1 Å². The van der Waals surface area contributed by atoms with Crippen LogP contribution in [0.5, 0.6) is 11.6 Å². The van der Waals surface area contributed by atoms with E-state index in [0.717, 1.165) is 23.5 Å². The zero-order valence-electron chi connectivity index (χ0n) is 15.9. The van der Waals surface area contributed by atoms with Crippen LogP contribution in [0.4, 0.5) is 13.2 Å². The number of ketones is 1. The standard InChI is InChI=1S/C21H18F3NO4S/c1-29-17-9-5-13(11-18-19(27)25-20(28)30-18)10-15(17)16(26)8-4-12-2-6-14(7-3-12)21(22,23)24/h2-3,5-7,9-10,27H,4,8,11H2,1H3,(H,25,28). The molecule has 3 aromatic rings. The van der Waals surface area contributed by atoms with Crippen LogP contribution < -0.4 is 9.61 Å². The van der Waals surface area contributed by atoms with Crippen LogP contribution in [0.2, 0.25) is 0 Å². The summed E-state index contributed by atoms with van der Waals surface area (Å²) in [5, 5.41) is 9.74. The van der Waals surface area contributed by atoms with E-state index in [1.807, 2.05) is 0 Å². The van der Waals surface area contributed by atoms with Gasteiger partial charge in [-0.05, 0) is 41.8 Å². The number of ether oxygens (including phenoxy) is 1. The number of halogens is 3. The summed E-state index contributed by atoms with van der Waals surface area (Å²) in [5.41, 5.74) is 0.930. The molecule has 0 radical (unpaired) electrons. The lowest BCUT2D eigenvalue weighted by atomic mass is 9.98. The number of aromatic hydroxyl groups is 1. The van der Waals surface area contributed by atoms with Gasteiger partial charge in [0.25, 0.3) is 0 Å². The average molecular weight is 437 g/mol. The van der Waals surface area contributed by atoms with Gasteiger partial charge in [0, 0.05) is 12.8 Å². The number of aromatic nitrogens is 1. The third-order valence-corrected chi connectivity index (χ3v) is 5.42. The van der Waals surface area contributed by atoms with Gasteiger partial charge in [0.1, 0.15) is 5.75 Å². The van der Waals surface area contributed by atoms with Gasteiger partial charge < -0.3 is 9.84 Å². The lowest BCUT2D eigenvalue weighted by Gasteiger charge is -2.11. The second-order valence-corrected chi connectivity index (χ2v) is 7.68. The highest BCUT2D eigenvalue weighted by Gasteiger charge is 2.29. The molecule has 2 N–H and O–H groups in total. The number of thiazole rings is 1. The summed E-state index contributed by atoms with van der Waals surface area (Å²) in [6.45, 7) is 0. The number of Topliss-reactive ketones (excluding diaryl/α,β-unsaturated/α-hetero) is 1. The number of aromatic amines is 1. The van der Waals surface area contributed by atoms with Crippen molar-refractivity contribution >= 4 is 17.1 Å². The summed E-state index contributed by atoms with van der Waals surface area (Å²) in [7, 11) is 1.44. The van der Waals surface area contributed by atoms with E-state index in [-0.39, 0.29) is 35.8 Å². The summed E-state index contributed by atoms with van der Waals surface area (Å²) in [5.74, 6) is -0.0429. The first-order chi connectivity index (χ1) is 14.2. The maximum absolute atomic E-state index is 12.7. The Labute approximate surface area is 173 Å². The smallest absolute Gasteiger partial charge is 0.416 e. The average Bonchev–Trinajstić information content (AvgIpc) is 3.02. The quantitative estimate of drug-likeness (QED) is 0.531. The van der Waals surface area contributed by atoms with Crippen molar-refractivity contribution in [3.8, 4) is 11.6 Å². The summed E-state index contributed by atoms with van der Waals surface area (Å²) < 4.78 is 43.2. The SMILES string of the molecule is COc1ccc(Cc2sc(=O)[nH]c2O)cc1C(=O)CCc1ccc(C(F)(F)F)cc1. The molecule has 0 saturated carbocycles. The Morgan fingerprint density at radius 3 is 2.37 bits per heavy atom. The van der Waals surface area contributed by atoms with Crippen LogP contribution in [-0.4, -0.2) is 23.0 Å². The fourth-order valence-electron chi connectivity index (χ4n) is 2.99. The van der Waals surface area contributed by atoms with Crippen LogP contribution in [0.1, 0.15) is 38.3 Å². The predicted molar refractivity (Wildman–Crippen MR) is 106 cm³/mol. The van der Waals surface area contributed by atoms with Crippen LogP contribution in [0.25, 0.3) is 0 Å². The molecule has 3 rings (SSSR count). The van der Waals surface area contributed by atoms with Gasteiger partial charge in [-0.3, -0.25) is 14.6 Å². The van der Waals surface area contributed by atoms with Crippen molar-refractivity contribution in [3.63, 3.8) is 0 Å². The molecule has 0 spiro atoms. The third-order valence-electron chi connectivity index (χ3n) is 4.55. The van der Waals surface area contributed by atoms with Crippen LogP contribution >= 0.6 is 11.3 Å². The fraction of sp³-hybridized carbons (Fsp3) is 0.238. The topological polar surface area (TPSA) is 79.4 Å². The monoisotopic (exact) mass is 437 g/mol. The van der Waals surface area contributed by atoms with Crippen molar-refractivity contribution < 1.29 is 27.8 Å². The summed E-state index contributed by atoms with van der Waals surface area (Å²) in [6, 6.07) is 9.71. The van der Waals surface area contributed by atoms with Crippen molar-refractivity contribution in [3.05, 3.63) is 79.3 Å². The van der Waals surface area contributed by atoms with E-state index in [4.69, 9.17) is 4.74 Å². The molecule has 158 valence electrons. The Kier molecular flexibility index (Phi) is 6.31. The van der Waals surface area contributed by atoms with Gasteiger partial charge >= 0.3 is 11.0 Å². The molecule has 5 nitrogen and oxygen atoms in total. The Morgan fingerprint density at radius 2 is 1.80 bits per heavy atom. The highest BCUT2D eigenvalue weighted by atomic mass is 32.1. The molecule has 30 heavy (non-hydrogen) atoms. The van der Waals surface area contributed by atoms with E-state index in [9.17, 15) is 27.9 Å². The number of nitrogens with one attached hydrogen (secondary N) is 1. The normalized spacial score (nSPS) is 11.5. The molecule has 1 aromatic heterocycles. The number of rotatable bonds is 7. The molecule has 1 heterocycles. The van der Waals surface area contributed by atoms with Gasteiger partial charge in [-0.1, -0.05) is 29.5 Å². The van der Waals surface area contributed by atoms with E-state index >= 15 is 0 Å². The fourth-order valence-corrected chi connectivity index (χ4v) is 3.75. The largest absolute Gasteiger partial charge is 0.496 e. The van der Waals surface area contributed by atoms with Crippen molar-refractivity contribution in [2.24, 2.45) is 0 Å². The van der Waals surface area contributed by atoms with E-state index in [0.29, 0.717) is 27.3 Å². The Balaban J connectivity index is 1.74. The van der Waals surface area contributed by atoms with E-state index in [2.05, 4.69) is 4.98 Å². The van der Waals surface area contributed by atoms with Crippen molar-refractivity contribution in [1.29, 1.82) is 0 Å². The van der Waals surface area contributed by atoms with Crippen molar-refractivity contribution in [2.75, 3.05) is 7.11 Å². The maximum Gasteiger partial charge on any atom is 0.416 e. The van der Waals surface area contributed by atoms with Crippen LogP contribution in [0, 0.1) is 0 Å². The van der Waals surface area contributed by atoms with Crippen LogP contribution in [0.15, 0.2) is 47.3 Å². The lowest BCUT2D eigenvalue weighted by molar-refractivity contribution is -0.137. The number of hydrogen-bond donors (Lipinski definition) is 2. The molecule has 9 heteroatoms. The summed E-state index contributed by atoms with van der Waals surface area (Å²) >= 11 is 0.886. The number of carbonyl (C=O) groups is 1. The molecule has 0 atom stereocenters. The maximum atomic E-state index is 12.7. The summed E-state index contributed by atoms with van der Waals surface area (Å²) in [6.07, 6.45) is -3.76. The van der Waals surface area contributed by atoms with E-state index in [1.54, 1.807) is 18.2 Å². The number of benzene rings is 2. The summed E-state index contributed by atoms with van der Waals surface area (Å²) in [4.78, 5) is 26.5. The molecule has 0 fully saturated rings. The van der Waals surface area contributed by atoms with Gasteiger partial charge in [0.15, 0.2) is 5.78 Å². The van der Waals surface area contributed by atoms with E-state index < -0.39 is 11.7 Å². The van der Waals surface area contributed by atoms with Gasteiger partial charge in [-0.25, -0.2) is 0 Å². The second kappa shape index (κ2) is 8.74. The van der Waals surface area contributed by atoms with Crippen LogP contribution in [-0.2, 0) is 19.0 Å². The molecular formula is C21H18F3NO4S. The lowest BCUT2D eigenvalue weighted by Crippen LogP contribution is -2.06. The number of H-pyrrole nitrogens is 1. The highest BCUT2D eigenvalue weighted by molar-refractivity contribution is 7.09. The zero-order chi connectivity index (χ0) is 21.9. The molecule has 0 bridgehead atoms. The minimum Gasteiger partial charge on any atom is -0.496 e. The predicted octanol–water partition coefficient (Wildman–Crippen LogP) is 4.58. The highest BCUT2D eigenvalue weighted by Crippen LogP contribution is 2.30. The first-order valence-corrected chi connectivity index (χ1v) is 9.76.